The van der Waals surface area contributed by atoms with Gasteiger partial charge in [0.2, 0.25) is 0 Å². The average molecular weight is 334 g/mol. The minimum Gasteiger partial charge on any atom is -0.395 e. The second kappa shape index (κ2) is 7.04. The van der Waals surface area contributed by atoms with Gasteiger partial charge >= 0.3 is 0 Å². The molecule has 1 aliphatic rings. The summed E-state index contributed by atoms with van der Waals surface area (Å²) in [6.07, 6.45) is 2.41. The molecule has 0 amide bonds. The Hall–Kier alpha value is -1.36. The number of halogens is 1. The maximum absolute atomic E-state index is 9.91. The van der Waals surface area contributed by atoms with E-state index in [-0.39, 0.29) is 12.6 Å². The summed E-state index contributed by atoms with van der Waals surface area (Å²) >= 11 is 6.42. The second-order valence-corrected chi connectivity index (χ2v) is 6.81. The fourth-order valence-corrected chi connectivity index (χ4v) is 3.44. The summed E-state index contributed by atoms with van der Waals surface area (Å²) in [5, 5.41) is 15.0. The summed E-state index contributed by atoms with van der Waals surface area (Å²) in [4.78, 5) is 2.35. The van der Waals surface area contributed by atoms with E-state index in [1.807, 2.05) is 20.0 Å². The summed E-state index contributed by atoms with van der Waals surface area (Å²) in [5.74, 6) is 0.597. The number of aryl methyl sites for hydroxylation is 2. The Bertz CT molecular complexity index is 652. The van der Waals surface area contributed by atoms with E-state index in [1.54, 1.807) is 4.68 Å². The molecule has 4 nitrogen and oxygen atoms in total. The van der Waals surface area contributed by atoms with Gasteiger partial charge in [-0.05, 0) is 31.2 Å². The lowest BCUT2D eigenvalue weighted by Gasteiger charge is -2.31. The zero-order chi connectivity index (χ0) is 16.4. The number of nitrogens with zero attached hydrogens (tertiary/aromatic N) is 3. The third kappa shape index (κ3) is 3.77. The summed E-state index contributed by atoms with van der Waals surface area (Å²) in [7, 11) is 1.87. The molecule has 0 saturated heterocycles. The number of rotatable bonds is 7. The second-order valence-electron chi connectivity index (χ2n) is 6.46. The maximum Gasteiger partial charge on any atom is 0.131 e. The Morgan fingerprint density at radius 1 is 1.30 bits per heavy atom. The smallest absolute Gasteiger partial charge is 0.131 e. The van der Waals surface area contributed by atoms with Crippen molar-refractivity contribution in [3.05, 3.63) is 52.3 Å². The van der Waals surface area contributed by atoms with Crippen LogP contribution in [0.3, 0.4) is 0 Å². The molecule has 1 atom stereocenters. The molecule has 1 fully saturated rings. The minimum absolute atomic E-state index is 0.186. The van der Waals surface area contributed by atoms with Crippen LogP contribution in [0.1, 0.15) is 29.7 Å². The van der Waals surface area contributed by atoms with Crippen LogP contribution in [0.4, 0.5) is 0 Å². The lowest BCUT2D eigenvalue weighted by atomic mass is 10.1. The van der Waals surface area contributed by atoms with E-state index < -0.39 is 0 Å². The van der Waals surface area contributed by atoms with Gasteiger partial charge in [-0.2, -0.15) is 5.10 Å². The van der Waals surface area contributed by atoms with E-state index in [1.165, 1.54) is 18.4 Å². The van der Waals surface area contributed by atoms with Gasteiger partial charge in [0, 0.05) is 31.7 Å². The summed E-state index contributed by atoms with van der Waals surface area (Å²) in [6, 6.07) is 10.6. The molecule has 0 radical (unpaired) electrons. The van der Waals surface area contributed by atoms with E-state index in [4.69, 9.17) is 11.6 Å². The highest BCUT2D eigenvalue weighted by molar-refractivity contribution is 6.30. The van der Waals surface area contributed by atoms with Gasteiger partial charge in [0.25, 0.3) is 0 Å². The molecule has 5 heteroatoms. The predicted molar refractivity (Wildman–Crippen MR) is 92.2 cm³/mol. The normalized spacial score (nSPS) is 16.0. The van der Waals surface area contributed by atoms with Gasteiger partial charge in [-0.25, -0.2) is 0 Å². The molecular formula is C18H24ClN3O. The number of aliphatic hydroxyl groups excluding tert-OH is 1. The van der Waals surface area contributed by atoms with Crippen LogP contribution in [-0.2, 0) is 20.1 Å². The third-order valence-electron chi connectivity index (χ3n) is 4.68. The van der Waals surface area contributed by atoms with Crippen molar-refractivity contribution in [1.82, 2.24) is 14.7 Å². The molecular weight excluding hydrogens is 310 g/mol. The van der Waals surface area contributed by atoms with Gasteiger partial charge in [0.1, 0.15) is 5.15 Å². The molecule has 1 N–H and O–H groups in total. The highest BCUT2D eigenvalue weighted by Crippen LogP contribution is 2.37. The number of hydrogen-bond acceptors (Lipinski definition) is 3. The van der Waals surface area contributed by atoms with Crippen LogP contribution in [0.25, 0.3) is 0 Å². The van der Waals surface area contributed by atoms with Gasteiger partial charge in [0.15, 0.2) is 0 Å². The monoisotopic (exact) mass is 333 g/mol. The summed E-state index contributed by atoms with van der Waals surface area (Å²) in [6.45, 7) is 3.71. The number of hydrogen-bond donors (Lipinski definition) is 1. The van der Waals surface area contributed by atoms with Crippen molar-refractivity contribution >= 4 is 11.6 Å². The van der Waals surface area contributed by atoms with Crippen molar-refractivity contribution in [3.8, 4) is 0 Å². The Kier molecular flexibility index (Phi) is 5.05. The molecule has 3 rings (SSSR count). The van der Waals surface area contributed by atoms with Gasteiger partial charge < -0.3 is 5.11 Å². The van der Waals surface area contributed by atoms with Crippen LogP contribution in [0.2, 0.25) is 5.15 Å². The molecule has 1 unspecified atom stereocenters. The lowest BCUT2D eigenvalue weighted by molar-refractivity contribution is 0.0943. The first kappa shape index (κ1) is 16.5. The number of benzene rings is 1. The van der Waals surface area contributed by atoms with Crippen LogP contribution in [0, 0.1) is 12.8 Å². The van der Waals surface area contributed by atoms with E-state index in [2.05, 4.69) is 34.3 Å². The van der Waals surface area contributed by atoms with Gasteiger partial charge in [-0.15, -0.1) is 0 Å². The minimum atomic E-state index is 0.186. The first-order valence-corrected chi connectivity index (χ1v) is 8.54. The largest absolute Gasteiger partial charge is 0.395 e. The zero-order valence-corrected chi connectivity index (χ0v) is 14.5. The van der Waals surface area contributed by atoms with Crippen molar-refractivity contribution in [3.63, 3.8) is 0 Å². The van der Waals surface area contributed by atoms with Crippen LogP contribution in [-0.4, -0.2) is 32.4 Å². The van der Waals surface area contributed by atoms with Crippen LogP contribution < -0.4 is 0 Å². The first-order chi connectivity index (χ1) is 11.1. The van der Waals surface area contributed by atoms with Crippen LogP contribution in [0.5, 0.6) is 0 Å². The fraction of sp³-hybridized carbons (Fsp3) is 0.500. The average Bonchev–Trinajstić information content (AvgIpc) is 3.34. The molecule has 1 aromatic carbocycles. The van der Waals surface area contributed by atoms with Crippen LogP contribution >= 0.6 is 11.6 Å². The van der Waals surface area contributed by atoms with Crippen molar-refractivity contribution in [2.45, 2.75) is 38.9 Å². The van der Waals surface area contributed by atoms with E-state index in [0.29, 0.717) is 11.1 Å². The van der Waals surface area contributed by atoms with Crippen LogP contribution in [0.15, 0.2) is 30.3 Å². The quantitative estimate of drug-likeness (QED) is 0.846. The standard InChI is InChI=1S/C18H24ClN3O/c1-13-16(18(19)21(2)20-13)11-22(17(12-23)15-8-9-15)10-14-6-4-3-5-7-14/h3-7,15,17,23H,8-12H2,1-2H3. The Labute approximate surface area is 142 Å². The van der Waals surface area contributed by atoms with Crippen molar-refractivity contribution < 1.29 is 5.11 Å². The SMILES string of the molecule is Cc1nn(C)c(Cl)c1CN(Cc1ccccc1)C(CO)C1CC1. The van der Waals surface area contributed by atoms with E-state index >= 15 is 0 Å². The number of aliphatic hydroxyl groups is 1. The summed E-state index contributed by atoms with van der Waals surface area (Å²) < 4.78 is 1.72. The molecule has 1 aliphatic carbocycles. The van der Waals surface area contributed by atoms with Gasteiger partial charge in [-0.1, -0.05) is 41.9 Å². The Morgan fingerprint density at radius 3 is 2.52 bits per heavy atom. The number of aromatic nitrogens is 2. The van der Waals surface area contributed by atoms with Crippen molar-refractivity contribution in [2.75, 3.05) is 6.61 Å². The van der Waals surface area contributed by atoms with Gasteiger partial charge in [0.05, 0.1) is 12.3 Å². The highest BCUT2D eigenvalue weighted by atomic mass is 35.5. The van der Waals surface area contributed by atoms with E-state index in [0.717, 1.165) is 24.3 Å². The Balaban J connectivity index is 1.85. The molecule has 0 bridgehead atoms. The molecule has 0 aliphatic heterocycles. The lowest BCUT2D eigenvalue weighted by Crippen LogP contribution is -2.38. The molecule has 23 heavy (non-hydrogen) atoms. The van der Waals surface area contributed by atoms with E-state index in [9.17, 15) is 5.11 Å². The predicted octanol–water partition coefficient (Wildman–Crippen LogP) is 3.16. The fourth-order valence-electron chi connectivity index (χ4n) is 3.21. The maximum atomic E-state index is 9.91. The Morgan fingerprint density at radius 2 is 2.00 bits per heavy atom. The zero-order valence-electron chi connectivity index (χ0n) is 13.7. The molecule has 124 valence electrons. The van der Waals surface area contributed by atoms with Crippen molar-refractivity contribution in [1.29, 1.82) is 0 Å². The van der Waals surface area contributed by atoms with Crippen molar-refractivity contribution in [2.24, 2.45) is 13.0 Å². The molecule has 0 spiro atoms. The molecule has 1 aromatic heterocycles. The first-order valence-electron chi connectivity index (χ1n) is 8.17. The van der Waals surface area contributed by atoms with Gasteiger partial charge in [-0.3, -0.25) is 9.58 Å². The third-order valence-corrected chi connectivity index (χ3v) is 5.15. The topological polar surface area (TPSA) is 41.3 Å². The molecule has 1 heterocycles. The highest BCUT2D eigenvalue weighted by Gasteiger charge is 2.35. The molecule has 2 aromatic rings. The molecule has 1 saturated carbocycles. The summed E-state index contributed by atoms with van der Waals surface area (Å²) in [5.41, 5.74) is 3.27.